The Morgan fingerprint density at radius 2 is 1.83 bits per heavy atom. The lowest BCUT2D eigenvalue weighted by atomic mass is 10.0. The van der Waals surface area contributed by atoms with Gasteiger partial charge in [0.15, 0.2) is 0 Å². The van der Waals surface area contributed by atoms with Crippen LogP contribution in [0, 0.1) is 0 Å². The van der Waals surface area contributed by atoms with Crippen molar-refractivity contribution in [1.29, 1.82) is 0 Å². The molecule has 3 N–H and O–H groups in total. The van der Waals surface area contributed by atoms with Gasteiger partial charge in [-0.25, -0.2) is 5.48 Å². The predicted octanol–water partition coefficient (Wildman–Crippen LogP) is 3.25. The zero-order valence-corrected chi connectivity index (χ0v) is 17.8. The van der Waals surface area contributed by atoms with Gasteiger partial charge in [-0.05, 0) is 54.5 Å². The molecule has 0 unspecified atom stereocenters. The van der Waals surface area contributed by atoms with Crippen molar-refractivity contribution >= 4 is 35.3 Å². The van der Waals surface area contributed by atoms with Crippen LogP contribution in [-0.2, 0) is 16.0 Å². The minimum atomic E-state index is -0.561. The Hall–Kier alpha value is -2.77. The summed E-state index contributed by atoms with van der Waals surface area (Å²) in [7, 11) is 0. The summed E-state index contributed by atoms with van der Waals surface area (Å²) in [6.45, 7) is 1.65. The molecule has 0 bridgehead atoms. The van der Waals surface area contributed by atoms with Crippen LogP contribution in [-0.4, -0.2) is 42.4 Å². The van der Waals surface area contributed by atoms with Gasteiger partial charge >= 0.3 is 0 Å². The lowest BCUT2D eigenvalue weighted by Gasteiger charge is -2.34. The fourth-order valence-corrected chi connectivity index (χ4v) is 4.00. The van der Waals surface area contributed by atoms with Crippen LogP contribution in [0.1, 0.15) is 24.0 Å². The second-order valence-corrected chi connectivity index (χ2v) is 8.10. The monoisotopic (exact) mass is 425 g/mol. The van der Waals surface area contributed by atoms with E-state index in [1.54, 1.807) is 23.3 Å². The van der Waals surface area contributed by atoms with Crippen molar-refractivity contribution < 1.29 is 14.8 Å². The number of thioether (sulfide) groups is 1. The van der Waals surface area contributed by atoms with Gasteiger partial charge in [-0.3, -0.25) is 14.8 Å². The third-order valence-electron chi connectivity index (χ3n) is 5.19. The number of para-hydroxylation sites is 1. The first-order valence-corrected chi connectivity index (χ1v) is 11.2. The number of benzene rings is 2. The predicted molar refractivity (Wildman–Crippen MR) is 121 cm³/mol. The summed E-state index contributed by atoms with van der Waals surface area (Å²) in [6, 6.07) is 16.1. The standard InChI is InChI=1S/C23H27N3O3S/c1-30-20-9-6-17(7-10-20)16-23(28)24-19-12-14-26(15-13-19)21-5-3-2-4-18(21)8-11-22(27)25-29/h2-11,19,29H,12-16H2,1H3,(H,24,28)(H,25,27). The van der Waals surface area contributed by atoms with Crippen LogP contribution >= 0.6 is 11.8 Å². The molecule has 6 nitrogen and oxygen atoms in total. The summed E-state index contributed by atoms with van der Waals surface area (Å²) >= 11 is 1.69. The highest BCUT2D eigenvalue weighted by atomic mass is 32.2. The zero-order chi connectivity index (χ0) is 21.3. The molecule has 158 valence electrons. The van der Waals surface area contributed by atoms with Crippen LogP contribution in [0.3, 0.4) is 0 Å². The van der Waals surface area contributed by atoms with E-state index in [2.05, 4.69) is 10.2 Å². The topological polar surface area (TPSA) is 81.7 Å². The van der Waals surface area contributed by atoms with Crippen molar-refractivity contribution in [3.63, 3.8) is 0 Å². The first kappa shape index (κ1) is 21.9. The highest BCUT2D eigenvalue weighted by Crippen LogP contribution is 2.25. The average Bonchev–Trinajstić information content (AvgIpc) is 2.78. The van der Waals surface area contributed by atoms with E-state index in [1.807, 2.05) is 54.8 Å². The van der Waals surface area contributed by atoms with Gasteiger partial charge in [0.05, 0.1) is 6.42 Å². The molecule has 1 fully saturated rings. The number of carbonyl (C=O) groups excluding carboxylic acids is 2. The first-order valence-electron chi connectivity index (χ1n) is 9.97. The number of nitrogens with zero attached hydrogens (tertiary/aromatic N) is 1. The van der Waals surface area contributed by atoms with Gasteiger partial charge in [0.25, 0.3) is 5.91 Å². The van der Waals surface area contributed by atoms with E-state index < -0.39 is 5.91 Å². The Labute approximate surface area is 181 Å². The molecule has 0 aromatic heterocycles. The third-order valence-corrected chi connectivity index (χ3v) is 5.93. The number of piperidine rings is 1. The molecular weight excluding hydrogens is 398 g/mol. The quantitative estimate of drug-likeness (QED) is 0.275. The lowest BCUT2D eigenvalue weighted by Crippen LogP contribution is -2.45. The van der Waals surface area contributed by atoms with Gasteiger partial charge in [0.1, 0.15) is 0 Å². The maximum absolute atomic E-state index is 12.4. The van der Waals surface area contributed by atoms with Gasteiger partial charge in [-0.1, -0.05) is 30.3 Å². The number of hydroxylamine groups is 1. The number of amides is 2. The molecule has 2 amide bonds. The Morgan fingerprint density at radius 1 is 1.13 bits per heavy atom. The summed E-state index contributed by atoms with van der Waals surface area (Å²) in [5.41, 5.74) is 4.58. The number of hydrogen-bond donors (Lipinski definition) is 3. The van der Waals surface area contributed by atoms with Gasteiger partial charge in [-0.2, -0.15) is 0 Å². The Balaban J connectivity index is 1.53. The number of anilines is 1. The smallest absolute Gasteiger partial charge is 0.267 e. The normalized spacial score (nSPS) is 14.7. The van der Waals surface area contributed by atoms with Crippen molar-refractivity contribution in [2.24, 2.45) is 0 Å². The molecule has 2 aromatic carbocycles. The van der Waals surface area contributed by atoms with Crippen molar-refractivity contribution in [2.75, 3.05) is 24.2 Å². The molecule has 30 heavy (non-hydrogen) atoms. The number of rotatable bonds is 7. The van der Waals surface area contributed by atoms with Crippen molar-refractivity contribution in [3.8, 4) is 0 Å². The van der Waals surface area contributed by atoms with Crippen LogP contribution < -0.4 is 15.7 Å². The van der Waals surface area contributed by atoms with Gasteiger partial charge in [-0.15, -0.1) is 11.8 Å². The first-order chi connectivity index (χ1) is 14.6. The molecular formula is C23H27N3O3S. The molecule has 1 heterocycles. The maximum Gasteiger partial charge on any atom is 0.267 e. The van der Waals surface area contributed by atoms with Gasteiger partial charge < -0.3 is 10.2 Å². The second-order valence-electron chi connectivity index (χ2n) is 7.22. The summed E-state index contributed by atoms with van der Waals surface area (Å²) in [5.74, 6) is -0.502. The van der Waals surface area contributed by atoms with E-state index in [9.17, 15) is 9.59 Å². The van der Waals surface area contributed by atoms with Crippen molar-refractivity contribution in [1.82, 2.24) is 10.8 Å². The summed E-state index contributed by atoms with van der Waals surface area (Å²) in [5, 5.41) is 11.8. The van der Waals surface area contributed by atoms with E-state index in [0.29, 0.717) is 6.42 Å². The fraction of sp³-hybridized carbons (Fsp3) is 0.304. The van der Waals surface area contributed by atoms with E-state index >= 15 is 0 Å². The minimum Gasteiger partial charge on any atom is -0.371 e. The van der Waals surface area contributed by atoms with E-state index in [1.165, 1.54) is 11.0 Å². The lowest BCUT2D eigenvalue weighted by molar-refractivity contribution is -0.124. The molecule has 1 aliphatic rings. The van der Waals surface area contributed by atoms with Crippen LogP contribution in [0.4, 0.5) is 5.69 Å². The minimum absolute atomic E-state index is 0.0590. The highest BCUT2D eigenvalue weighted by molar-refractivity contribution is 7.98. The Kier molecular flexibility index (Phi) is 7.93. The van der Waals surface area contributed by atoms with Crippen LogP contribution in [0.15, 0.2) is 59.5 Å². The molecule has 0 saturated carbocycles. The Morgan fingerprint density at radius 3 is 2.50 bits per heavy atom. The Bertz CT molecular complexity index is 891. The van der Waals surface area contributed by atoms with Crippen LogP contribution in [0.25, 0.3) is 6.08 Å². The second kappa shape index (κ2) is 10.8. The number of hydrogen-bond acceptors (Lipinski definition) is 5. The van der Waals surface area contributed by atoms with E-state index in [0.717, 1.165) is 42.7 Å². The zero-order valence-electron chi connectivity index (χ0n) is 17.0. The van der Waals surface area contributed by atoms with Crippen molar-refractivity contribution in [2.45, 2.75) is 30.2 Å². The highest BCUT2D eigenvalue weighted by Gasteiger charge is 2.22. The molecule has 0 atom stereocenters. The van der Waals surface area contributed by atoms with E-state index in [4.69, 9.17) is 5.21 Å². The molecule has 7 heteroatoms. The molecule has 2 aromatic rings. The summed E-state index contributed by atoms with van der Waals surface area (Å²) in [4.78, 5) is 27.2. The fourth-order valence-electron chi connectivity index (χ4n) is 3.59. The molecule has 1 aliphatic heterocycles. The molecule has 0 aliphatic carbocycles. The summed E-state index contributed by atoms with van der Waals surface area (Å²) < 4.78 is 0. The molecule has 3 rings (SSSR count). The van der Waals surface area contributed by atoms with Gasteiger partial charge in [0, 0.05) is 35.8 Å². The average molecular weight is 426 g/mol. The largest absolute Gasteiger partial charge is 0.371 e. The number of carbonyl (C=O) groups is 2. The van der Waals surface area contributed by atoms with Crippen LogP contribution in [0.5, 0.6) is 0 Å². The third kappa shape index (κ3) is 6.11. The van der Waals surface area contributed by atoms with Gasteiger partial charge in [0.2, 0.25) is 5.91 Å². The SMILES string of the molecule is CSc1ccc(CC(=O)NC2CCN(c3ccccc3C=CC(=O)NO)CC2)cc1. The van der Waals surface area contributed by atoms with E-state index in [-0.39, 0.29) is 11.9 Å². The molecule has 1 saturated heterocycles. The van der Waals surface area contributed by atoms with Crippen molar-refractivity contribution in [3.05, 3.63) is 65.7 Å². The van der Waals surface area contributed by atoms with Crippen LogP contribution in [0.2, 0.25) is 0 Å². The number of nitrogens with one attached hydrogen (secondary N) is 2. The molecule has 0 radical (unpaired) electrons. The molecule has 0 spiro atoms. The summed E-state index contributed by atoms with van der Waals surface area (Å²) in [6.07, 6.45) is 7.16. The maximum atomic E-state index is 12.4.